The van der Waals surface area contributed by atoms with E-state index in [0.717, 1.165) is 11.4 Å². The molecule has 8 aromatic carbocycles. The Kier molecular flexibility index (Phi) is 7.20. The average molecular weight is 716 g/mol. The minimum atomic E-state index is 0.287. The number of aromatic nitrogens is 1. The third-order valence-corrected chi connectivity index (χ3v) is 12.4. The van der Waals surface area contributed by atoms with Gasteiger partial charge in [0.05, 0.1) is 5.52 Å². The van der Waals surface area contributed by atoms with E-state index in [9.17, 15) is 0 Å². The maximum absolute atomic E-state index is 2.41. The molecule has 10 rings (SSSR count). The van der Waals surface area contributed by atoms with E-state index in [-0.39, 0.29) is 14.5 Å². The van der Waals surface area contributed by atoms with Gasteiger partial charge in [-0.1, -0.05) is 36.4 Å². The predicted molar refractivity (Wildman–Crippen MR) is 218 cm³/mol. The Bertz CT molecular complexity index is 2830. The van der Waals surface area contributed by atoms with Crippen molar-refractivity contribution in [3.8, 4) is 27.9 Å². The molecule has 0 atom stereocenters. The normalized spacial score (nSPS) is 11.5. The molecule has 0 aliphatic heterocycles. The van der Waals surface area contributed by atoms with E-state index in [1.807, 2.05) is 0 Å². The molecule has 0 saturated carbocycles. The number of rotatable bonds is 6. The van der Waals surface area contributed by atoms with Crippen LogP contribution in [0.25, 0.3) is 69.0 Å². The Hall–Kier alpha value is -6.12. The molecule has 0 unspecified atom stereocenters. The molecule has 0 N–H and O–H groups in total. The molecule has 2 nitrogen and oxygen atoms in total. The second-order valence-corrected chi connectivity index (χ2v) is 15.3. The number of benzene rings is 8. The van der Waals surface area contributed by atoms with Gasteiger partial charge in [-0.15, -0.1) is 0 Å². The Balaban J connectivity index is 1.08. The van der Waals surface area contributed by atoms with Crippen molar-refractivity contribution >= 4 is 72.7 Å². The summed E-state index contributed by atoms with van der Waals surface area (Å²) in [4.78, 5) is 2.40. The van der Waals surface area contributed by atoms with Crippen LogP contribution in [0.1, 0.15) is 0 Å². The number of para-hydroxylation sites is 2. The Labute approximate surface area is 302 Å². The van der Waals surface area contributed by atoms with Crippen LogP contribution in [0.2, 0.25) is 0 Å². The molecule has 0 radical (unpaired) electrons. The van der Waals surface area contributed by atoms with Gasteiger partial charge in [-0.05, 0) is 18.2 Å². The van der Waals surface area contributed by atoms with Gasteiger partial charge in [0.25, 0.3) is 0 Å². The summed E-state index contributed by atoms with van der Waals surface area (Å²) >= 11 is 0.287. The van der Waals surface area contributed by atoms with Crippen LogP contribution in [0.4, 0.5) is 17.1 Å². The Morgan fingerprint density at radius 3 is 1.59 bits per heavy atom. The second kappa shape index (κ2) is 12.3. The number of hydrogen-bond donors (Lipinski definition) is 0. The second-order valence-electron chi connectivity index (χ2n) is 13.0. The molecular formula is C48H32N2Se. The van der Waals surface area contributed by atoms with Gasteiger partial charge in [0, 0.05) is 11.1 Å². The molecule has 0 amide bonds. The molecule has 0 fully saturated rings. The molecule has 240 valence electrons. The summed E-state index contributed by atoms with van der Waals surface area (Å²) in [5.74, 6) is 0. The van der Waals surface area contributed by atoms with Crippen LogP contribution in [0.5, 0.6) is 0 Å². The van der Waals surface area contributed by atoms with Gasteiger partial charge in [0.1, 0.15) is 0 Å². The van der Waals surface area contributed by atoms with Crippen molar-refractivity contribution in [3.63, 3.8) is 0 Å². The molecule has 0 spiro atoms. The molecule has 10 aromatic rings. The van der Waals surface area contributed by atoms with E-state index in [1.165, 1.54) is 74.7 Å². The zero-order valence-corrected chi connectivity index (χ0v) is 29.5. The standard InChI is InChI=1S/C48H32N2Se/c1-3-11-33(12-4-1)34-19-24-38(25-20-34)49(40-28-30-44-43-16-8-10-18-47(43)51-48(44)32-40)39-26-21-35(22-27-39)36-23-29-42-41-15-7-9-17-45(41)50(46(42)31-36)37-13-5-2-6-14-37/h1-32H. The molecule has 51 heavy (non-hydrogen) atoms. The van der Waals surface area contributed by atoms with Crippen LogP contribution in [-0.2, 0) is 0 Å². The Morgan fingerprint density at radius 1 is 0.333 bits per heavy atom. The summed E-state index contributed by atoms with van der Waals surface area (Å²) in [6, 6.07) is 70.8. The molecule has 0 aliphatic carbocycles. The van der Waals surface area contributed by atoms with E-state index in [1.54, 1.807) is 0 Å². The number of nitrogens with zero attached hydrogens (tertiary/aromatic N) is 2. The van der Waals surface area contributed by atoms with Crippen molar-refractivity contribution in [1.82, 2.24) is 4.57 Å². The van der Waals surface area contributed by atoms with Gasteiger partial charge in [-0.2, -0.15) is 0 Å². The SMILES string of the molecule is c1ccc(-c2ccc(N(c3ccc(-c4ccc5c6ccccc6n(-c6ccccc6)c5c4)cc3)c3ccc4c(c3)[se]c3ccccc34)cc2)cc1. The van der Waals surface area contributed by atoms with Crippen molar-refractivity contribution in [1.29, 1.82) is 0 Å². The summed E-state index contributed by atoms with van der Waals surface area (Å²) in [7, 11) is 0. The summed E-state index contributed by atoms with van der Waals surface area (Å²) in [6.45, 7) is 0. The van der Waals surface area contributed by atoms with Crippen molar-refractivity contribution in [2.75, 3.05) is 4.90 Å². The van der Waals surface area contributed by atoms with E-state index in [4.69, 9.17) is 0 Å². The maximum atomic E-state index is 2.41. The first-order valence-electron chi connectivity index (χ1n) is 17.3. The van der Waals surface area contributed by atoms with E-state index < -0.39 is 0 Å². The molecule has 0 saturated heterocycles. The molecule has 0 bridgehead atoms. The topological polar surface area (TPSA) is 8.17 Å². The summed E-state index contributed by atoms with van der Waals surface area (Å²) in [5, 5.41) is 5.28. The predicted octanol–water partition coefficient (Wildman–Crippen LogP) is 13.0. The number of anilines is 3. The van der Waals surface area contributed by atoms with E-state index in [2.05, 4.69) is 204 Å². The third-order valence-electron chi connectivity index (χ3n) is 10.0. The fourth-order valence-corrected chi connectivity index (χ4v) is 9.93. The number of fused-ring (bicyclic) bond motifs is 6. The van der Waals surface area contributed by atoms with Crippen molar-refractivity contribution in [2.45, 2.75) is 0 Å². The molecule has 2 heterocycles. The van der Waals surface area contributed by atoms with Crippen molar-refractivity contribution in [2.24, 2.45) is 0 Å². The molecule has 2 aromatic heterocycles. The van der Waals surface area contributed by atoms with E-state index in [0.29, 0.717) is 0 Å². The summed E-state index contributed by atoms with van der Waals surface area (Å²) in [5.41, 5.74) is 11.9. The van der Waals surface area contributed by atoms with E-state index >= 15 is 0 Å². The van der Waals surface area contributed by atoms with Gasteiger partial charge in [0.2, 0.25) is 0 Å². The summed E-state index contributed by atoms with van der Waals surface area (Å²) < 4.78 is 5.28. The first-order chi connectivity index (χ1) is 25.3. The van der Waals surface area contributed by atoms with Gasteiger partial charge >= 0.3 is 233 Å². The van der Waals surface area contributed by atoms with Crippen LogP contribution in [-0.4, -0.2) is 19.1 Å². The fraction of sp³-hybridized carbons (Fsp3) is 0. The fourth-order valence-electron chi connectivity index (χ4n) is 7.54. The third kappa shape index (κ3) is 5.18. The van der Waals surface area contributed by atoms with Gasteiger partial charge < -0.3 is 0 Å². The summed E-state index contributed by atoms with van der Waals surface area (Å²) in [6.07, 6.45) is 0. The quantitative estimate of drug-likeness (QED) is 0.156. The van der Waals surface area contributed by atoms with Gasteiger partial charge in [0.15, 0.2) is 0 Å². The molecule has 3 heteroatoms. The number of hydrogen-bond acceptors (Lipinski definition) is 1. The zero-order chi connectivity index (χ0) is 33.7. The first kappa shape index (κ1) is 29.8. The van der Waals surface area contributed by atoms with Crippen LogP contribution >= 0.6 is 0 Å². The first-order valence-corrected chi connectivity index (χ1v) is 19.1. The van der Waals surface area contributed by atoms with Crippen LogP contribution in [0, 0.1) is 0 Å². The molecular weight excluding hydrogens is 684 g/mol. The monoisotopic (exact) mass is 716 g/mol. The van der Waals surface area contributed by atoms with Crippen molar-refractivity contribution < 1.29 is 0 Å². The zero-order valence-electron chi connectivity index (χ0n) is 27.8. The van der Waals surface area contributed by atoms with Crippen LogP contribution in [0.3, 0.4) is 0 Å². The van der Waals surface area contributed by atoms with Gasteiger partial charge in [-0.25, -0.2) is 0 Å². The van der Waals surface area contributed by atoms with Crippen molar-refractivity contribution in [3.05, 3.63) is 194 Å². The Morgan fingerprint density at radius 2 is 0.843 bits per heavy atom. The van der Waals surface area contributed by atoms with Gasteiger partial charge in [-0.3, -0.25) is 0 Å². The van der Waals surface area contributed by atoms with Crippen LogP contribution < -0.4 is 4.90 Å². The van der Waals surface area contributed by atoms with Crippen LogP contribution in [0.15, 0.2) is 194 Å². The minimum absolute atomic E-state index is 0.287. The average Bonchev–Trinajstić information content (AvgIpc) is 3.74. The molecule has 0 aliphatic rings.